The predicted molar refractivity (Wildman–Crippen MR) is 112 cm³/mol. The van der Waals surface area contributed by atoms with Crippen LogP contribution in [0.2, 0.25) is 10.0 Å². The molecule has 1 amide bonds. The van der Waals surface area contributed by atoms with Gasteiger partial charge in [-0.05, 0) is 74.3 Å². The highest BCUT2D eigenvalue weighted by Gasteiger charge is 2.43. The molecule has 0 saturated carbocycles. The summed E-state index contributed by atoms with van der Waals surface area (Å²) in [4.78, 5) is 13.2. The first-order valence-corrected chi connectivity index (χ1v) is 10.4. The van der Waals surface area contributed by atoms with Crippen molar-refractivity contribution < 1.29 is 13.6 Å². The standard InChI is InChI=1S/C22H24Cl2F2N2O/c1-13(21(29)28-14(2)15-9-17(23)12-18(24)10-15)22(5-7-27-8-6-22)16-3-4-19(25)20(26)11-16/h3-4,9-14,27H,5-8H2,1-2H3,(H,28,29). The fourth-order valence-electron chi connectivity index (χ4n) is 4.15. The van der Waals surface area contributed by atoms with E-state index < -0.39 is 23.0 Å². The lowest BCUT2D eigenvalue weighted by Gasteiger charge is -2.42. The normalized spacial score (nSPS) is 18.1. The molecule has 2 N–H and O–H groups in total. The molecule has 0 spiro atoms. The van der Waals surface area contributed by atoms with Crippen LogP contribution in [0.15, 0.2) is 36.4 Å². The van der Waals surface area contributed by atoms with Gasteiger partial charge in [0.15, 0.2) is 11.6 Å². The van der Waals surface area contributed by atoms with Gasteiger partial charge in [0.2, 0.25) is 5.91 Å². The van der Waals surface area contributed by atoms with Crippen LogP contribution in [0.25, 0.3) is 0 Å². The summed E-state index contributed by atoms with van der Waals surface area (Å²) in [5.74, 6) is -2.37. The van der Waals surface area contributed by atoms with Crippen LogP contribution in [-0.2, 0) is 10.2 Å². The van der Waals surface area contributed by atoms with Gasteiger partial charge < -0.3 is 10.6 Å². The smallest absolute Gasteiger partial charge is 0.224 e. The van der Waals surface area contributed by atoms with E-state index in [1.54, 1.807) is 24.3 Å². The van der Waals surface area contributed by atoms with Gasteiger partial charge in [0.05, 0.1) is 6.04 Å². The second kappa shape index (κ2) is 8.99. The van der Waals surface area contributed by atoms with Crippen molar-refractivity contribution in [2.24, 2.45) is 5.92 Å². The van der Waals surface area contributed by atoms with Gasteiger partial charge >= 0.3 is 0 Å². The minimum Gasteiger partial charge on any atom is -0.349 e. The van der Waals surface area contributed by atoms with Crippen LogP contribution < -0.4 is 10.6 Å². The SMILES string of the molecule is CC(NC(=O)C(C)C1(c2ccc(F)c(F)c2)CCNCC1)c1cc(Cl)cc(Cl)c1. The third-order valence-electron chi connectivity index (χ3n) is 5.96. The molecule has 3 rings (SSSR count). The molecule has 1 aliphatic rings. The summed E-state index contributed by atoms with van der Waals surface area (Å²) in [6.07, 6.45) is 1.31. The summed E-state index contributed by atoms with van der Waals surface area (Å²) in [7, 11) is 0. The van der Waals surface area contributed by atoms with Crippen molar-refractivity contribution in [3.05, 3.63) is 69.2 Å². The zero-order chi connectivity index (χ0) is 21.2. The van der Waals surface area contributed by atoms with Crippen molar-refractivity contribution in [3.8, 4) is 0 Å². The number of amides is 1. The molecular weight excluding hydrogens is 417 g/mol. The van der Waals surface area contributed by atoms with Gasteiger partial charge in [-0.3, -0.25) is 4.79 Å². The van der Waals surface area contributed by atoms with E-state index in [9.17, 15) is 13.6 Å². The van der Waals surface area contributed by atoms with Crippen LogP contribution in [0.4, 0.5) is 8.78 Å². The second-order valence-corrected chi connectivity index (χ2v) is 8.56. The highest BCUT2D eigenvalue weighted by Crippen LogP contribution is 2.41. The predicted octanol–water partition coefficient (Wildman–Crippen LogP) is 5.41. The molecule has 2 unspecified atom stereocenters. The maximum Gasteiger partial charge on any atom is 0.224 e. The lowest BCUT2D eigenvalue weighted by Crippen LogP contribution is -2.49. The molecule has 0 aliphatic carbocycles. The first kappa shape index (κ1) is 22.0. The average molecular weight is 441 g/mol. The number of rotatable bonds is 5. The van der Waals surface area contributed by atoms with Crippen LogP contribution >= 0.6 is 23.2 Å². The van der Waals surface area contributed by atoms with Crippen molar-refractivity contribution in [3.63, 3.8) is 0 Å². The Kier molecular flexibility index (Phi) is 6.82. The molecule has 7 heteroatoms. The van der Waals surface area contributed by atoms with E-state index in [4.69, 9.17) is 23.2 Å². The monoisotopic (exact) mass is 440 g/mol. The first-order valence-electron chi connectivity index (χ1n) is 9.65. The fourth-order valence-corrected chi connectivity index (χ4v) is 4.69. The van der Waals surface area contributed by atoms with Gasteiger partial charge in [-0.25, -0.2) is 8.78 Å². The summed E-state index contributed by atoms with van der Waals surface area (Å²) in [6.45, 7) is 5.12. The summed E-state index contributed by atoms with van der Waals surface area (Å²) >= 11 is 12.1. The zero-order valence-corrected chi connectivity index (χ0v) is 17.9. The third kappa shape index (κ3) is 4.73. The van der Waals surface area contributed by atoms with Gasteiger partial charge in [0.1, 0.15) is 0 Å². The summed E-state index contributed by atoms with van der Waals surface area (Å²) in [5, 5.41) is 7.30. The Morgan fingerprint density at radius 3 is 2.24 bits per heavy atom. The van der Waals surface area contributed by atoms with Crippen molar-refractivity contribution in [1.82, 2.24) is 10.6 Å². The number of piperidine rings is 1. The molecule has 1 aliphatic heterocycles. The molecule has 0 bridgehead atoms. The molecule has 1 fully saturated rings. The van der Waals surface area contributed by atoms with Crippen LogP contribution in [0.3, 0.4) is 0 Å². The summed E-state index contributed by atoms with van der Waals surface area (Å²) < 4.78 is 27.4. The number of carbonyl (C=O) groups is 1. The van der Waals surface area contributed by atoms with E-state index in [2.05, 4.69) is 10.6 Å². The molecule has 2 aromatic carbocycles. The maximum absolute atomic E-state index is 14.0. The van der Waals surface area contributed by atoms with E-state index in [0.29, 0.717) is 41.5 Å². The third-order valence-corrected chi connectivity index (χ3v) is 6.39. The van der Waals surface area contributed by atoms with Crippen LogP contribution in [0.1, 0.15) is 43.9 Å². The minimum atomic E-state index is -0.894. The molecular formula is C22H24Cl2F2N2O. The Balaban J connectivity index is 1.86. The number of halogens is 4. The van der Waals surface area contributed by atoms with Crippen LogP contribution in [0, 0.1) is 17.6 Å². The van der Waals surface area contributed by atoms with Crippen molar-refractivity contribution in [1.29, 1.82) is 0 Å². The zero-order valence-electron chi connectivity index (χ0n) is 16.4. The van der Waals surface area contributed by atoms with Crippen LogP contribution in [-0.4, -0.2) is 19.0 Å². The Bertz CT molecular complexity index is 880. The lowest BCUT2D eigenvalue weighted by molar-refractivity contribution is -0.127. The molecule has 0 aromatic heterocycles. The highest BCUT2D eigenvalue weighted by molar-refractivity contribution is 6.34. The molecule has 156 valence electrons. The molecule has 2 atom stereocenters. The summed E-state index contributed by atoms with van der Waals surface area (Å²) in [5.41, 5.74) is 0.879. The van der Waals surface area contributed by atoms with Gasteiger partial charge in [-0.1, -0.05) is 36.2 Å². The van der Waals surface area contributed by atoms with Crippen molar-refractivity contribution in [2.75, 3.05) is 13.1 Å². The van der Waals surface area contributed by atoms with Gasteiger partial charge in [-0.2, -0.15) is 0 Å². The molecule has 1 saturated heterocycles. The summed E-state index contributed by atoms with van der Waals surface area (Å²) in [6, 6.07) is 8.81. The van der Waals surface area contributed by atoms with Gasteiger partial charge in [-0.15, -0.1) is 0 Å². The topological polar surface area (TPSA) is 41.1 Å². The lowest BCUT2D eigenvalue weighted by atomic mass is 9.65. The van der Waals surface area contributed by atoms with Gasteiger partial charge in [0.25, 0.3) is 0 Å². The second-order valence-electron chi connectivity index (χ2n) is 7.69. The molecule has 3 nitrogen and oxygen atoms in total. The first-order chi connectivity index (χ1) is 13.7. The average Bonchev–Trinajstić information content (AvgIpc) is 2.69. The molecule has 29 heavy (non-hydrogen) atoms. The fraction of sp³-hybridized carbons (Fsp3) is 0.409. The minimum absolute atomic E-state index is 0.153. The Morgan fingerprint density at radius 1 is 1.03 bits per heavy atom. The number of hydrogen-bond acceptors (Lipinski definition) is 2. The largest absolute Gasteiger partial charge is 0.349 e. The van der Waals surface area contributed by atoms with E-state index in [1.165, 1.54) is 6.07 Å². The molecule has 1 heterocycles. The van der Waals surface area contributed by atoms with E-state index in [0.717, 1.165) is 11.6 Å². The van der Waals surface area contributed by atoms with Crippen molar-refractivity contribution >= 4 is 29.1 Å². The quantitative estimate of drug-likeness (QED) is 0.652. The van der Waals surface area contributed by atoms with E-state index >= 15 is 0 Å². The maximum atomic E-state index is 14.0. The van der Waals surface area contributed by atoms with E-state index in [-0.39, 0.29) is 11.9 Å². The number of nitrogens with one attached hydrogen (secondary N) is 2. The number of benzene rings is 2. The Morgan fingerprint density at radius 2 is 1.66 bits per heavy atom. The van der Waals surface area contributed by atoms with Crippen LogP contribution in [0.5, 0.6) is 0 Å². The molecule has 0 radical (unpaired) electrons. The number of carbonyl (C=O) groups excluding carboxylic acids is 1. The Hall–Kier alpha value is -1.69. The Labute approximate surface area is 179 Å². The van der Waals surface area contributed by atoms with Gasteiger partial charge in [0, 0.05) is 21.4 Å². The van der Waals surface area contributed by atoms with E-state index in [1.807, 2.05) is 13.8 Å². The van der Waals surface area contributed by atoms with Crippen molar-refractivity contribution in [2.45, 2.75) is 38.1 Å². The highest BCUT2D eigenvalue weighted by atomic mass is 35.5. The number of hydrogen-bond donors (Lipinski definition) is 2. The molecule has 2 aromatic rings.